The van der Waals surface area contributed by atoms with Gasteiger partial charge in [0.15, 0.2) is 0 Å². The van der Waals surface area contributed by atoms with E-state index in [1.807, 2.05) is 12.3 Å². The maximum atomic E-state index is 5.90. The summed E-state index contributed by atoms with van der Waals surface area (Å²) < 4.78 is 0. The van der Waals surface area contributed by atoms with Gasteiger partial charge in [0, 0.05) is 24.4 Å². The zero-order valence-corrected chi connectivity index (χ0v) is 11.4. The van der Waals surface area contributed by atoms with Crippen molar-refractivity contribution in [2.24, 2.45) is 5.73 Å². The predicted molar refractivity (Wildman–Crippen MR) is 76.8 cm³/mol. The lowest BCUT2D eigenvalue weighted by Gasteiger charge is -2.20. The van der Waals surface area contributed by atoms with Gasteiger partial charge in [-0.3, -0.25) is 0 Å². The Kier molecular flexibility index (Phi) is 3.58. The third kappa shape index (κ3) is 2.65. The highest BCUT2D eigenvalue weighted by atomic mass is 14.7. The molecule has 0 amide bonds. The van der Waals surface area contributed by atoms with E-state index in [1.54, 1.807) is 0 Å². The Labute approximate surface area is 109 Å². The van der Waals surface area contributed by atoms with Crippen molar-refractivity contribution >= 4 is 0 Å². The number of hydrogen-bond donors (Lipinski definition) is 2. The molecule has 96 valence electrons. The Morgan fingerprint density at radius 1 is 1.11 bits per heavy atom. The summed E-state index contributed by atoms with van der Waals surface area (Å²) in [7, 11) is 0. The van der Waals surface area contributed by atoms with Gasteiger partial charge in [-0.05, 0) is 28.7 Å². The fourth-order valence-corrected chi connectivity index (χ4v) is 2.22. The summed E-state index contributed by atoms with van der Waals surface area (Å²) in [6.07, 6.45) is 1.95. The molecule has 0 saturated carbocycles. The van der Waals surface area contributed by atoms with Crippen LogP contribution in [0.5, 0.6) is 0 Å². The van der Waals surface area contributed by atoms with E-state index in [-0.39, 0.29) is 11.3 Å². The van der Waals surface area contributed by atoms with Gasteiger partial charge in [-0.15, -0.1) is 0 Å². The number of benzene rings is 1. The average Bonchev–Trinajstić information content (AvgIpc) is 2.83. The molecule has 0 spiro atoms. The lowest BCUT2D eigenvalue weighted by atomic mass is 9.85. The summed E-state index contributed by atoms with van der Waals surface area (Å²) in [5, 5.41) is 0. The van der Waals surface area contributed by atoms with E-state index in [9.17, 15) is 0 Å². The molecule has 1 unspecified atom stereocenters. The van der Waals surface area contributed by atoms with Crippen molar-refractivity contribution in [3.63, 3.8) is 0 Å². The third-order valence-corrected chi connectivity index (χ3v) is 3.41. The van der Waals surface area contributed by atoms with Gasteiger partial charge >= 0.3 is 0 Å². The van der Waals surface area contributed by atoms with E-state index in [1.165, 1.54) is 16.8 Å². The number of rotatable bonds is 3. The summed E-state index contributed by atoms with van der Waals surface area (Å²) >= 11 is 0. The molecule has 0 saturated heterocycles. The minimum atomic E-state index is 0.198. The van der Waals surface area contributed by atoms with Gasteiger partial charge in [0.05, 0.1) is 0 Å². The van der Waals surface area contributed by atoms with Crippen LogP contribution in [-0.4, -0.2) is 11.5 Å². The molecule has 1 atom stereocenters. The second-order valence-electron chi connectivity index (χ2n) is 5.79. The first-order valence-corrected chi connectivity index (χ1v) is 6.46. The van der Waals surface area contributed by atoms with Crippen LogP contribution in [0.2, 0.25) is 0 Å². The first-order valence-electron chi connectivity index (χ1n) is 6.46. The number of nitrogens with one attached hydrogen (secondary N) is 1. The molecule has 1 heterocycles. The molecule has 2 nitrogen and oxygen atoms in total. The van der Waals surface area contributed by atoms with Crippen molar-refractivity contribution in [3.8, 4) is 0 Å². The standard InChI is InChI=1S/C16H22N2/c1-16(2,3)13-8-6-12(7-9-13)14(11-17)15-5-4-10-18-15/h4-10,14,18H,11,17H2,1-3H3. The summed E-state index contributed by atoms with van der Waals surface area (Å²) in [5.74, 6) is 0.258. The van der Waals surface area contributed by atoms with E-state index >= 15 is 0 Å². The van der Waals surface area contributed by atoms with E-state index in [4.69, 9.17) is 5.73 Å². The average molecular weight is 242 g/mol. The fourth-order valence-electron chi connectivity index (χ4n) is 2.22. The zero-order valence-electron chi connectivity index (χ0n) is 11.4. The van der Waals surface area contributed by atoms with Gasteiger partial charge in [0.1, 0.15) is 0 Å². The van der Waals surface area contributed by atoms with Crippen molar-refractivity contribution in [1.29, 1.82) is 0 Å². The van der Waals surface area contributed by atoms with Crippen molar-refractivity contribution in [2.75, 3.05) is 6.54 Å². The van der Waals surface area contributed by atoms with Crippen LogP contribution in [0.25, 0.3) is 0 Å². The van der Waals surface area contributed by atoms with E-state index < -0.39 is 0 Å². The smallest absolute Gasteiger partial charge is 0.0363 e. The van der Waals surface area contributed by atoms with E-state index in [0.717, 1.165) is 0 Å². The summed E-state index contributed by atoms with van der Waals surface area (Å²) in [6.45, 7) is 7.31. The van der Waals surface area contributed by atoms with Crippen LogP contribution in [0.15, 0.2) is 42.6 Å². The molecule has 1 aromatic heterocycles. The van der Waals surface area contributed by atoms with Crippen LogP contribution in [0.3, 0.4) is 0 Å². The second-order valence-corrected chi connectivity index (χ2v) is 5.79. The highest BCUT2D eigenvalue weighted by Gasteiger charge is 2.16. The van der Waals surface area contributed by atoms with Crippen molar-refractivity contribution in [3.05, 3.63) is 59.4 Å². The van der Waals surface area contributed by atoms with Crippen LogP contribution >= 0.6 is 0 Å². The Balaban J connectivity index is 2.28. The van der Waals surface area contributed by atoms with Gasteiger partial charge in [-0.25, -0.2) is 0 Å². The van der Waals surface area contributed by atoms with Crippen LogP contribution in [0, 0.1) is 0 Å². The van der Waals surface area contributed by atoms with Crippen LogP contribution in [-0.2, 0) is 5.41 Å². The van der Waals surface area contributed by atoms with Crippen LogP contribution in [0.4, 0.5) is 0 Å². The molecular formula is C16H22N2. The topological polar surface area (TPSA) is 41.8 Å². The lowest BCUT2D eigenvalue weighted by Crippen LogP contribution is -2.15. The largest absolute Gasteiger partial charge is 0.364 e. The number of aromatic amines is 1. The first kappa shape index (κ1) is 12.9. The SMILES string of the molecule is CC(C)(C)c1ccc(C(CN)c2ccc[nH]2)cc1. The molecule has 0 fully saturated rings. The summed E-state index contributed by atoms with van der Waals surface area (Å²) in [6, 6.07) is 12.9. The highest BCUT2D eigenvalue weighted by molar-refractivity contribution is 5.34. The second kappa shape index (κ2) is 4.99. The van der Waals surface area contributed by atoms with Gasteiger partial charge in [-0.1, -0.05) is 45.0 Å². The quantitative estimate of drug-likeness (QED) is 0.851. The first-order chi connectivity index (χ1) is 8.52. The van der Waals surface area contributed by atoms with Crippen LogP contribution < -0.4 is 5.73 Å². The minimum Gasteiger partial charge on any atom is -0.364 e. The molecular weight excluding hydrogens is 220 g/mol. The molecule has 0 aliphatic heterocycles. The number of H-pyrrole nitrogens is 1. The maximum Gasteiger partial charge on any atom is 0.0363 e. The summed E-state index contributed by atoms with van der Waals surface area (Å²) in [4.78, 5) is 3.25. The Morgan fingerprint density at radius 3 is 2.22 bits per heavy atom. The fraction of sp³-hybridized carbons (Fsp3) is 0.375. The van der Waals surface area contributed by atoms with E-state index in [2.05, 4.69) is 56.1 Å². The van der Waals surface area contributed by atoms with Crippen LogP contribution in [0.1, 0.15) is 43.5 Å². The molecule has 0 aliphatic carbocycles. The van der Waals surface area contributed by atoms with Gasteiger partial charge in [-0.2, -0.15) is 0 Å². The number of aromatic nitrogens is 1. The highest BCUT2D eigenvalue weighted by Crippen LogP contribution is 2.26. The number of nitrogens with two attached hydrogens (primary N) is 1. The van der Waals surface area contributed by atoms with Crippen molar-refractivity contribution < 1.29 is 0 Å². The molecule has 0 bridgehead atoms. The minimum absolute atomic E-state index is 0.198. The molecule has 18 heavy (non-hydrogen) atoms. The maximum absolute atomic E-state index is 5.90. The Hall–Kier alpha value is -1.54. The molecule has 2 heteroatoms. The molecule has 0 radical (unpaired) electrons. The predicted octanol–water partition coefficient (Wildman–Crippen LogP) is 3.40. The third-order valence-electron chi connectivity index (χ3n) is 3.41. The Morgan fingerprint density at radius 2 is 1.78 bits per heavy atom. The monoisotopic (exact) mass is 242 g/mol. The van der Waals surface area contributed by atoms with Crippen molar-refractivity contribution in [2.45, 2.75) is 32.1 Å². The van der Waals surface area contributed by atoms with E-state index in [0.29, 0.717) is 6.54 Å². The number of hydrogen-bond acceptors (Lipinski definition) is 1. The van der Waals surface area contributed by atoms with Crippen molar-refractivity contribution in [1.82, 2.24) is 4.98 Å². The van der Waals surface area contributed by atoms with Gasteiger partial charge in [0.2, 0.25) is 0 Å². The molecule has 1 aromatic carbocycles. The zero-order chi connectivity index (χ0) is 13.2. The molecule has 0 aliphatic rings. The molecule has 2 rings (SSSR count). The lowest BCUT2D eigenvalue weighted by molar-refractivity contribution is 0.589. The normalized spacial score (nSPS) is 13.6. The van der Waals surface area contributed by atoms with Gasteiger partial charge < -0.3 is 10.7 Å². The molecule has 2 aromatic rings. The van der Waals surface area contributed by atoms with Gasteiger partial charge in [0.25, 0.3) is 0 Å². The Bertz CT molecular complexity index is 475. The summed E-state index contributed by atoms with van der Waals surface area (Å²) in [5.41, 5.74) is 9.91. The molecule has 3 N–H and O–H groups in total.